The zero-order valence-electron chi connectivity index (χ0n) is 10.4. The van der Waals surface area contributed by atoms with Gasteiger partial charge in [-0.25, -0.2) is 4.39 Å². The first-order valence-electron chi connectivity index (χ1n) is 5.66. The fourth-order valence-corrected chi connectivity index (χ4v) is 1.66. The molecule has 3 N–H and O–H groups in total. The second-order valence-corrected chi connectivity index (χ2v) is 4.27. The SMILES string of the molecule is CN(C)c1cccc(Nc2cccc(F)c2N)c1. The molecular weight excluding hydrogens is 229 g/mol. The molecule has 0 aliphatic carbocycles. The highest BCUT2D eigenvalue weighted by Gasteiger charge is 2.05. The van der Waals surface area contributed by atoms with Gasteiger partial charge in [0, 0.05) is 25.5 Å². The van der Waals surface area contributed by atoms with E-state index in [9.17, 15) is 4.39 Å². The molecule has 94 valence electrons. The monoisotopic (exact) mass is 245 g/mol. The summed E-state index contributed by atoms with van der Waals surface area (Å²) >= 11 is 0. The van der Waals surface area contributed by atoms with Crippen LogP contribution in [0.25, 0.3) is 0 Å². The first-order valence-corrected chi connectivity index (χ1v) is 5.66. The van der Waals surface area contributed by atoms with Crippen molar-refractivity contribution in [1.29, 1.82) is 0 Å². The summed E-state index contributed by atoms with van der Waals surface area (Å²) in [6, 6.07) is 12.6. The number of benzene rings is 2. The lowest BCUT2D eigenvalue weighted by Crippen LogP contribution is -2.08. The predicted octanol–water partition coefficient (Wildman–Crippen LogP) is 3.22. The molecule has 2 aromatic carbocycles. The summed E-state index contributed by atoms with van der Waals surface area (Å²) in [5.41, 5.74) is 8.33. The first kappa shape index (κ1) is 12.2. The van der Waals surface area contributed by atoms with E-state index < -0.39 is 5.82 Å². The zero-order valence-corrected chi connectivity index (χ0v) is 10.4. The molecule has 0 unspecified atom stereocenters. The molecule has 0 bridgehead atoms. The maximum absolute atomic E-state index is 13.3. The molecule has 3 nitrogen and oxygen atoms in total. The van der Waals surface area contributed by atoms with E-state index in [4.69, 9.17) is 5.73 Å². The average Bonchev–Trinajstić information content (AvgIpc) is 2.35. The number of anilines is 4. The lowest BCUT2D eigenvalue weighted by molar-refractivity contribution is 0.633. The smallest absolute Gasteiger partial charge is 0.148 e. The Labute approximate surface area is 106 Å². The minimum Gasteiger partial charge on any atom is -0.395 e. The quantitative estimate of drug-likeness (QED) is 0.816. The molecule has 0 amide bonds. The van der Waals surface area contributed by atoms with Gasteiger partial charge in [0.15, 0.2) is 0 Å². The van der Waals surface area contributed by atoms with Gasteiger partial charge in [-0.15, -0.1) is 0 Å². The van der Waals surface area contributed by atoms with Gasteiger partial charge in [0.1, 0.15) is 5.82 Å². The highest BCUT2D eigenvalue weighted by molar-refractivity contribution is 5.74. The van der Waals surface area contributed by atoms with Crippen molar-refractivity contribution < 1.29 is 4.39 Å². The Bertz CT molecular complexity index is 552. The molecule has 0 heterocycles. The van der Waals surface area contributed by atoms with Gasteiger partial charge < -0.3 is 16.0 Å². The molecule has 2 rings (SSSR count). The highest BCUT2D eigenvalue weighted by atomic mass is 19.1. The van der Waals surface area contributed by atoms with Crippen molar-refractivity contribution in [2.24, 2.45) is 0 Å². The van der Waals surface area contributed by atoms with Crippen LogP contribution in [0.15, 0.2) is 42.5 Å². The average molecular weight is 245 g/mol. The zero-order chi connectivity index (χ0) is 13.1. The number of rotatable bonds is 3. The number of hydrogen-bond acceptors (Lipinski definition) is 3. The van der Waals surface area contributed by atoms with Crippen LogP contribution in [-0.4, -0.2) is 14.1 Å². The fraction of sp³-hybridized carbons (Fsp3) is 0.143. The maximum atomic E-state index is 13.3. The van der Waals surface area contributed by atoms with E-state index in [2.05, 4.69) is 5.32 Å². The normalized spacial score (nSPS) is 10.2. The summed E-state index contributed by atoms with van der Waals surface area (Å²) in [6.07, 6.45) is 0. The highest BCUT2D eigenvalue weighted by Crippen LogP contribution is 2.26. The standard InChI is InChI=1S/C14H16FN3/c1-18(2)11-6-3-5-10(9-11)17-13-8-4-7-12(15)14(13)16/h3-9,17H,16H2,1-2H3. The van der Waals surface area contributed by atoms with Crippen molar-refractivity contribution in [2.75, 3.05) is 30.0 Å². The van der Waals surface area contributed by atoms with Crippen LogP contribution in [0.3, 0.4) is 0 Å². The first-order chi connectivity index (χ1) is 8.58. The minimum absolute atomic E-state index is 0.132. The van der Waals surface area contributed by atoms with Gasteiger partial charge in [-0.2, -0.15) is 0 Å². The Morgan fingerprint density at radius 3 is 2.56 bits per heavy atom. The lowest BCUT2D eigenvalue weighted by atomic mass is 10.2. The predicted molar refractivity (Wildman–Crippen MR) is 74.9 cm³/mol. The number of nitrogens with zero attached hydrogens (tertiary/aromatic N) is 1. The molecule has 0 atom stereocenters. The summed E-state index contributed by atoms with van der Waals surface area (Å²) in [5, 5.41) is 3.12. The maximum Gasteiger partial charge on any atom is 0.148 e. The molecule has 4 heteroatoms. The van der Waals surface area contributed by atoms with Crippen LogP contribution in [0, 0.1) is 5.82 Å². The van der Waals surface area contributed by atoms with Crippen LogP contribution in [0.1, 0.15) is 0 Å². The Morgan fingerprint density at radius 2 is 1.83 bits per heavy atom. The van der Waals surface area contributed by atoms with Gasteiger partial charge in [-0.1, -0.05) is 12.1 Å². The van der Waals surface area contributed by atoms with Crippen LogP contribution >= 0.6 is 0 Å². The van der Waals surface area contributed by atoms with Gasteiger partial charge >= 0.3 is 0 Å². The van der Waals surface area contributed by atoms with Crippen LogP contribution in [0.2, 0.25) is 0 Å². The second-order valence-electron chi connectivity index (χ2n) is 4.27. The van der Waals surface area contributed by atoms with Crippen molar-refractivity contribution in [1.82, 2.24) is 0 Å². The fourth-order valence-electron chi connectivity index (χ4n) is 1.66. The van der Waals surface area contributed by atoms with Crippen LogP contribution in [-0.2, 0) is 0 Å². The molecule has 0 spiro atoms. The Morgan fingerprint density at radius 1 is 1.11 bits per heavy atom. The summed E-state index contributed by atoms with van der Waals surface area (Å²) in [6.45, 7) is 0. The summed E-state index contributed by atoms with van der Waals surface area (Å²) in [4.78, 5) is 2.00. The third kappa shape index (κ3) is 2.53. The van der Waals surface area contributed by atoms with Crippen LogP contribution in [0.4, 0.5) is 27.1 Å². The topological polar surface area (TPSA) is 41.3 Å². The van der Waals surface area contributed by atoms with Gasteiger partial charge in [0.05, 0.1) is 11.4 Å². The largest absolute Gasteiger partial charge is 0.395 e. The van der Waals surface area contributed by atoms with Crippen LogP contribution in [0.5, 0.6) is 0 Å². The van der Waals surface area contributed by atoms with E-state index in [1.54, 1.807) is 12.1 Å². The van der Waals surface area contributed by atoms with Gasteiger partial charge in [-0.05, 0) is 30.3 Å². The number of hydrogen-bond donors (Lipinski definition) is 2. The lowest BCUT2D eigenvalue weighted by Gasteiger charge is -2.15. The molecule has 0 fully saturated rings. The second kappa shape index (κ2) is 4.96. The molecule has 2 aromatic rings. The molecule has 0 aromatic heterocycles. The molecule has 18 heavy (non-hydrogen) atoms. The van der Waals surface area contributed by atoms with Crippen molar-refractivity contribution >= 4 is 22.7 Å². The van der Waals surface area contributed by atoms with Crippen LogP contribution < -0.4 is 16.0 Å². The van der Waals surface area contributed by atoms with Gasteiger partial charge in [0.2, 0.25) is 0 Å². The summed E-state index contributed by atoms with van der Waals surface area (Å²) < 4.78 is 13.3. The third-order valence-electron chi connectivity index (χ3n) is 2.69. The molecule has 0 saturated heterocycles. The van der Waals surface area contributed by atoms with E-state index in [0.29, 0.717) is 5.69 Å². The molecule has 0 radical (unpaired) electrons. The minimum atomic E-state index is -0.413. The van der Waals surface area contributed by atoms with Gasteiger partial charge in [0.25, 0.3) is 0 Å². The van der Waals surface area contributed by atoms with Crippen molar-refractivity contribution in [3.8, 4) is 0 Å². The van der Waals surface area contributed by atoms with Crippen molar-refractivity contribution in [2.45, 2.75) is 0 Å². The number of nitrogens with one attached hydrogen (secondary N) is 1. The Kier molecular flexibility index (Phi) is 3.37. The molecule has 0 aliphatic heterocycles. The van der Waals surface area contributed by atoms with Crippen molar-refractivity contribution in [3.05, 3.63) is 48.3 Å². The summed E-state index contributed by atoms with van der Waals surface area (Å²) in [7, 11) is 3.94. The third-order valence-corrected chi connectivity index (χ3v) is 2.69. The van der Waals surface area contributed by atoms with E-state index in [0.717, 1.165) is 11.4 Å². The Balaban J connectivity index is 2.28. The number of para-hydroxylation sites is 1. The number of nitrogens with two attached hydrogens (primary N) is 1. The molecular formula is C14H16FN3. The number of nitrogen functional groups attached to an aromatic ring is 1. The summed E-state index contributed by atoms with van der Waals surface area (Å²) in [5.74, 6) is -0.413. The van der Waals surface area contributed by atoms with Gasteiger partial charge in [-0.3, -0.25) is 0 Å². The van der Waals surface area contributed by atoms with E-state index in [1.165, 1.54) is 6.07 Å². The molecule has 0 saturated carbocycles. The van der Waals surface area contributed by atoms with Crippen molar-refractivity contribution in [3.63, 3.8) is 0 Å². The van der Waals surface area contributed by atoms with E-state index >= 15 is 0 Å². The number of halogens is 1. The van der Waals surface area contributed by atoms with E-state index in [-0.39, 0.29) is 5.69 Å². The molecule has 0 aliphatic rings. The van der Waals surface area contributed by atoms with E-state index in [1.807, 2.05) is 43.3 Å². The Hall–Kier alpha value is -2.23.